The summed E-state index contributed by atoms with van der Waals surface area (Å²) in [5, 5.41) is 10.0. The number of nitrogens with two attached hydrogens (primary N) is 1. The number of nitrogens with zero attached hydrogens (tertiary/aromatic N) is 4. The molecule has 1 atom stereocenters. The second-order valence-electron chi connectivity index (χ2n) is 8.91. The minimum Gasteiger partial charge on any atom is -0.497 e. The molecule has 0 amide bonds. The number of hydrogen-bond acceptors (Lipinski definition) is 5. The van der Waals surface area contributed by atoms with Crippen molar-refractivity contribution in [3.8, 4) is 34.2 Å². The molecule has 0 aliphatic carbocycles. The summed E-state index contributed by atoms with van der Waals surface area (Å²) in [6.07, 6.45) is 2.68. The van der Waals surface area contributed by atoms with Gasteiger partial charge in [-0.1, -0.05) is 6.07 Å². The molecule has 2 N–H and O–H groups in total. The number of likely N-dealkylation sites (tertiary alicyclic amines) is 1. The van der Waals surface area contributed by atoms with E-state index < -0.39 is 11.6 Å². The van der Waals surface area contributed by atoms with Crippen molar-refractivity contribution in [1.29, 1.82) is 5.26 Å². The second kappa shape index (κ2) is 9.10. The average molecular weight is 474 g/mol. The van der Waals surface area contributed by atoms with Gasteiger partial charge in [0, 0.05) is 61.0 Å². The maximum atomic E-state index is 15.1. The maximum absolute atomic E-state index is 15.1. The monoisotopic (exact) mass is 473 g/mol. The molecule has 0 unspecified atom stereocenters. The molecule has 0 radical (unpaired) electrons. The van der Waals surface area contributed by atoms with Crippen LogP contribution in [0.15, 0.2) is 48.7 Å². The minimum absolute atomic E-state index is 0.0508. The highest BCUT2D eigenvalue weighted by Crippen LogP contribution is 2.40. The lowest BCUT2D eigenvalue weighted by molar-refractivity contribution is 0.319. The Kier molecular flexibility index (Phi) is 5.97. The van der Waals surface area contributed by atoms with Gasteiger partial charge in [0.25, 0.3) is 0 Å². The van der Waals surface area contributed by atoms with Gasteiger partial charge in [-0.05, 0) is 42.3 Å². The summed E-state index contributed by atoms with van der Waals surface area (Å²) in [6.45, 7) is 2.47. The van der Waals surface area contributed by atoms with Crippen LogP contribution in [0.3, 0.4) is 0 Å². The predicted molar refractivity (Wildman–Crippen MR) is 131 cm³/mol. The fourth-order valence-electron chi connectivity index (χ4n) is 4.81. The largest absolute Gasteiger partial charge is 0.497 e. The van der Waals surface area contributed by atoms with Crippen LogP contribution in [0.4, 0.5) is 8.78 Å². The number of rotatable bonds is 5. The Morgan fingerprint density at radius 3 is 2.66 bits per heavy atom. The standard InChI is InChI=1S/C27H25F2N5O/c1-33-19(15-34-8-7-18(31)14-34)10-22-25(33)13-32-27(21-6-5-20(35-2)11-24(21)29)26(22)16-3-4-17(12-30)23(28)9-16/h3-6,9-11,13,18H,7-8,14-15,31H2,1-2H3/t18-/m0/s1. The number of ether oxygens (including phenoxy) is 1. The van der Waals surface area contributed by atoms with Crippen molar-refractivity contribution < 1.29 is 13.5 Å². The van der Waals surface area contributed by atoms with Crippen LogP contribution in [-0.2, 0) is 13.6 Å². The van der Waals surface area contributed by atoms with Crippen LogP contribution < -0.4 is 10.5 Å². The summed E-state index contributed by atoms with van der Waals surface area (Å²) < 4.78 is 37.0. The van der Waals surface area contributed by atoms with Crippen LogP contribution in [0, 0.1) is 23.0 Å². The van der Waals surface area contributed by atoms with Crippen molar-refractivity contribution in [2.75, 3.05) is 20.2 Å². The van der Waals surface area contributed by atoms with E-state index in [-0.39, 0.29) is 17.2 Å². The van der Waals surface area contributed by atoms with Gasteiger partial charge in [-0.15, -0.1) is 0 Å². The summed E-state index contributed by atoms with van der Waals surface area (Å²) in [4.78, 5) is 6.94. The smallest absolute Gasteiger partial charge is 0.141 e. The van der Waals surface area contributed by atoms with Crippen molar-refractivity contribution in [1.82, 2.24) is 14.5 Å². The Hall–Kier alpha value is -3.80. The first-order valence-corrected chi connectivity index (χ1v) is 11.4. The third kappa shape index (κ3) is 4.14. The van der Waals surface area contributed by atoms with E-state index in [9.17, 15) is 9.65 Å². The van der Waals surface area contributed by atoms with Crippen LogP contribution in [0.2, 0.25) is 0 Å². The highest BCUT2D eigenvalue weighted by molar-refractivity contribution is 6.02. The molecule has 1 fully saturated rings. The molecule has 0 bridgehead atoms. The highest BCUT2D eigenvalue weighted by atomic mass is 19.1. The molecule has 1 aliphatic rings. The van der Waals surface area contributed by atoms with E-state index in [0.717, 1.165) is 36.1 Å². The van der Waals surface area contributed by atoms with Gasteiger partial charge in [-0.2, -0.15) is 5.26 Å². The van der Waals surface area contributed by atoms with E-state index in [1.54, 1.807) is 24.4 Å². The molecule has 2 aromatic carbocycles. The molecule has 5 rings (SSSR count). The van der Waals surface area contributed by atoms with E-state index in [4.69, 9.17) is 10.5 Å². The molecular formula is C27H25F2N5O. The number of halogens is 2. The van der Waals surface area contributed by atoms with Crippen molar-refractivity contribution in [2.45, 2.75) is 19.0 Å². The topological polar surface area (TPSA) is 80.1 Å². The van der Waals surface area contributed by atoms with Gasteiger partial charge in [-0.25, -0.2) is 8.78 Å². The van der Waals surface area contributed by atoms with Gasteiger partial charge in [0.2, 0.25) is 0 Å². The third-order valence-corrected chi connectivity index (χ3v) is 6.71. The number of pyridine rings is 1. The van der Waals surface area contributed by atoms with E-state index in [0.29, 0.717) is 29.1 Å². The Morgan fingerprint density at radius 1 is 1.17 bits per heavy atom. The predicted octanol–water partition coefficient (Wildman–Crippen LogP) is 4.60. The normalized spacial score (nSPS) is 16.1. The van der Waals surface area contributed by atoms with Crippen molar-refractivity contribution in [3.05, 3.63) is 71.6 Å². The van der Waals surface area contributed by atoms with Crippen LogP contribution in [0.25, 0.3) is 33.3 Å². The summed E-state index contributed by atoms with van der Waals surface area (Å²) in [5.41, 5.74) is 9.74. The molecular weight excluding hydrogens is 448 g/mol. The van der Waals surface area contributed by atoms with Gasteiger partial charge in [0.05, 0.1) is 30.1 Å². The van der Waals surface area contributed by atoms with E-state index in [1.807, 2.05) is 13.1 Å². The molecule has 178 valence electrons. The first-order valence-electron chi connectivity index (χ1n) is 11.4. The lowest BCUT2D eigenvalue weighted by Gasteiger charge is -2.15. The number of hydrogen-bond donors (Lipinski definition) is 1. The number of benzene rings is 2. The van der Waals surface area contributed by atoms with Gasteiger partial charge >= 0.3 is 0 Å². The fourth-order valence-corrected chi connectivity index (χ4v) is 4.81. The Bertz CT molecular complexity index is 1470. The van der Waals surface area contributed by atoms with E-state index in [2.05, 4.69) is 20.5 Å². The van der Waals surface area contributed by atoms with E-state index in [1.165, 1.54) is 25.3 Å². The fraction of sp³-hybridized carbons (Fsp3) is 0.259. The molecule has 0 spiro atoms. The summed E-state index contributed by atoms with van der Waals surface area (Å²) in [6, 6.07) is 13.1. The Labute approximate surface area is 202 Å². The molecule has 8 heteroatoms. The minimum atomic E-state index is -0.634. The number of methoxy groups -OCH3 is 1. The van der Waals surface area contributed by atoms with E-state index >= 15 is 4.39 Å². The number of aromatic nitrogens is 2. The average Bonchev–Trinajstić information content (AvgIpc) is 3.40. The zero-order valence-corrected chi connectivity index (χ0v) is 19.6. The lowest BCUT2D eigenvalue weighted by atomic mass is 9.95. The molecule has 3 heterocycles. The molecule has 0 saturated carbocycles. The molecule has 6 nitrogen and oxygen atoms in total. The first kappa shape index (κ1) is 23.0. The number of fused-ring (bicyclic) bond motifs is 1. The SMILES string of the molecule is COc1ccc(-c2ncc3c(cc(CN4CC[C@H](N)C4)n3C)c2-c2ccc(C#N)c(F)c2)c(F)c1. The zero-order valence-electron chi connectivity index (χ0n) is 19.6. The summed E-state index contributed by atoms with van der Waals surface area (Å²) >= 11 is 0. The second-order valence-corrected chi connectivity index (χ2v) is 8.91. The van der Waals surface area contributed by atoms with Crippen LogP contribution in [0.1, 0.15) is 17.7 Å². The molecule has 1 saturated heterocycles. The summed E-state index contributed by atoms with van der Waals surface area (Å²) in [5.74, 6) is -0.733. The lowest BCUT2D eigenvalue weighted by Crippen LogP contribution is -2.26. The Morgan fingerprint density at radius 2 is 2.00 bits per heavy atom. The highest BCUT2D eigenvalue weighted by Gasteiger charge is 2.23. The van der Waals surface area contributed by atoms with Crippen LogP contribution in [-0.4, -0.2) is 40.7 Å². The van der Waals surface area contributed by atoms with Gasteiger partial charge in [-0.3, -0.25) is 9.88 Å². The number of aryl methyl sites for hydroxylation is 1. The Balaban J connectivity index is 1.73. The van der Waals surface area contributed by atoms with Crippen LogP contribution in [0.5, 0.6) is 5.75 Å². The quantitative estimate of drug-likeness (QED) is 0.458. The molecule has 35 heavy (non-hydrogen) atoms. The van der Waals surface area contributed by atoms with Crippen molar-refractivity contribution in [2.24, 2.45) is 12.8 Å². The van der Waals surface area contributed by atoms with Gasteiger partial charge < -0.3 is 15.0 Å². The molecule has 4 aromatic rings. The maximum Gasteiger partial charge on any atom is 0.141 e. The zero-order chi connectivity index (χ0) is 24.7. The molecule has 2 aromatic heterocycles. The third-order valence-electron chi connectivity index (χ3n) is 6.71. The number of nitriles is 1. The van der Waals surface area contributed by atoms with Gasteiger partial charge in [0.15, 0.2) is 0 Å². The van der Waals surface area contributed by atoms with Gasteiger partial charge in [0.1, 0.15) is 23.5 Å². The van der Waals surface area contributed by atoms with Crippen LogP contribution >= 0.6 is 0 Å². The summed E-state index contributed by atoms with van der Waals surface area (Å²) in [7, 11) is 3.44. The first-order chi connectivity index (χ1) is 16.9. The van der Waals surface area contributed by atoms with Crippen molar-refractivity contribution in [3.63, 3.8) is 0 Å². The molecule has 1 aliphatic heterocycles. The van der Waals surface area contributed by atoms with Crippen molar-refractivity contribution >= 4 is 10.9 Å².